The minimum atomic E-state index is -4.64. The molecule has 3 N–H and O–H groups in total. The van der Waals surface area contributed by atoms with E-state index in [1.165, 1.54) is 6.07 Å². The maximum Gasteiger partial charge on any atom is 0.435 e. The van der Waals surface area contributed by atoms with Crippen LogP contribution in [0.1, 0.15) is 16.8 Å². The summed E-state index contributed by atoms with van der Waals surface area (Å²) in [5.41, 5.74) is 0.807. The van der Waals surface area contributed by atoms with E-state index in [0.29, 0.717) is 41.4 Å². The molecule has 0 radical (unpaired) electrons. The van der Waals surface area contributed by atoms with E-state index in [2.05, 4.69) is 30.7 Å². The van der Waals surface area contributed by atoms with E-state index in [0.717, 1.165) is 11.8 Å². The van der Waals surface area contributed by atoms with Crippen molar-refractivity contribution in [1.82, 2.24) is 30.7 Å². The molecule has 0 fully saturated rings. The van der Waals surface area contributed by atoms with Gasteiger partial charge in [-0.2, -0.15) is 23.4 Å². The van der Waals surface area contributed by atoms with Crippen LogP contribution in [0.15, 0.2) is 18.5 Å². The lowest BCUT2D eigenvalue weighted by atomic mass is 9.91. The highest BCUT2D eigenvalue weighted by Crippen LogP contribution is 2.40. The van der Waals surface area contributed by atoms with Crippen LogP contribution in [0.2, 0.25) is 0 Å². The number of rotatable bonds is 1. The molecule has 1 aliphatic rings. The van der Waals surface area contributed by atoms with E-state index in [9.17, 15) is 17.6 Å². The maximum absolute atomic E-state index is 14.7. The number of fused-ring (bicyclic) bond motifs is 5. The van der Waals surface area contributed by atoms with Gasteiger partial charge in [-0.1, -0.05) is 0 Å². The number of hydrogen-bond acceptors (Lipinski definition) is 4. The van der Waals surface area contributed by atoms with E-state index in [-0.39, 0.29) is 16.8 Å². The van der Waals surface area contributed by atoms with Gasteiger partial charge in [-0.25, -0.2) is 9.37 Å². The quantitative estimate of drug-likeness (QED) is 0.445. The molecule has 5 rings (SSSR count). The van der Waals surface area contributed by atoms with Crippen LogP contribution in [0.3, 0.4) is 0 Å². The smallest absolute Gasteiger partial charge is 0.312 e. The largest absolute Gasteiger partial charge is 0.435 e. The van der Waals surface area contributed by atoms with Crippen molar-refractivity contribution < 1.29 is 17.6 Å². The Labute approximate surface area is 149 Å². The van der Waals surface area contributed by atoms with Crippen LogP contribution < -0.4 is 5.32 Å². The van der Waals surface area contributed by atoms with Crippen molar-refractivity contribution in [2.24, 2.45) is 0 Å². The number of nitrogens with zero attached hydrogens (tertiary/aromatic N) is 3. The molecule has 0 saturated carbocycles. The zero-order valence-electron chi connectivity index (χ0n) is 13.7. The van der Waals surface area contributed by atoms with E-state index in [4.69, 9.17) is 0 Å². The monoisotopic (exact) mass is 376 g/mol. The number of aromatic amines is 2. The van der Waals surface area contributed by atoms with Gasteiger partial charge in [-0.05, 0) is 24.1 Å². The highest BCUT2D eigenvalue weighted by atomic mass is 19.4. The average Bonchev–Trinajstić information content (AvgIpc) is 3.29. The topological polar surface area (TPSA) is 82.3 Å². The summed E-state index contributed by atoms with van der Waals surface area (Å²) in [7, 11) is 0. The Morgan fingerprint density at radius 3 is 2.81 bits per heavy atom. The first kappa shape index (κ1) is 16.2. The fourth-order valence-corrected chi connectivity index (χ4v) is 3.74. The third-order valence-electron chi connectivity index (χ3n) is 4.87. The lowest BCUT2D eigenvalue weighted by molar-refractivity contribution is -0.140. The fourth-order valence-electron chi connectivity index (χ4n) is 3.74. The Hall–Kier alpha value is -3.01. The summed E-state index contributed by atoms with van der Waals surface area (Å²) in [4.78, 5) is 4.32. The number of H-pyrrole nitrogens is 2. The van der Waals surface area contributed by atoms with Crippen LogP contribution in [0.25, 0.3) is 33.1 Å². The highest BCUT2D eigenvalue weighted by molar-refractivity contribution is 6.08. The Kier molecular flexibility index (Phi) is 3.29. The van der Waals surface area contributed by atoms with Gasteiger partial charge in [0.15, 0.2) is 11.5 Å². The normalized spacial score (nSPS) is 14.8. The number of halogens is 4. The molecule has 0 bridgehead atoms. The minimum Gasteiger partial charge on any atom is -0.312 e. The molecule has 0 amide bonds. The molecule has 0 spiro atoms. The van der Waals surface area contributed by atoms with E-state index < -0.39 is 17.7 Å². The van der Waals surface area contributed by atoms with Crippen LogP contribution in [0.5, 0.6) is 0 Å². The number of aromatic nitrogens is 5. The second-order valence-electron chi connectivity index (χ2n) is 6.40. The van der Waals surface area contributed by atoms with Gasteiger partial charge in [-0.15, -0.1) is 0 Å². The number of alkyl halides is 3. The first-order valence-corrected chi connectivity index (χ1v) is 8.24. The second-order valence-corrected chi connectivity index (χ2v) is 6.40. The van der Waals surface area contributed by atoms with E-state index in [1.807, 2.05) is 0 Å². The fraction of sp³-hybridized carbons (Fsp3) is 0.235. The molecule has 4 heterocycles. The highest BCUT2D eigenvalue weighted by Gasteiger charge is 2.38. The van der Waals surface area contributed by atoms with Crippen molar-refractivity contribution in [3.05, 3.63) is 41.1 Å². The van der Waals surface area contributed by atoms with Crippen LogP contribution in [-0.4, -0.2) is 31.9 Å². The van der Waals surface area contributed by atoms with E-state index in [1.54, 1.807) is 6.20 Å². The third-order valence-corrected chi connectivity index (χ3v) is 4.87. The van der Waals surface area contributed by atoms with Gasteiger partial charge in [0.2, 0.25) is 0 Å². The van der Waals surface area contributed by atoms with Gasteiger partial charge in [0.1, 0.15) is 5.52 Å². The molecule has 138 valence electrons. The first-order chi connectivity index (χ1) is 12.9. The summed E-state index contributed by atoms with van der Waals surface area (Å²) in [6.07, 6.45) is -1.36. The molecule has 0 unspecified atom stereocenters. The summed E-state index contributed by atoms with van der Waals surface area (Å²) in [5, 5.41) is 16.7. The molecule has 0 atom stereocenters. The van der Waals surface area contributed by atoms with Crippen LogP contribution in [-0.2, 0) is 19.1 Å². The number of pyridine rings is 1. The molecule has 27 heavy (non-hydrogen) atoms. The van der Waals surface area contributed by atoms with Crippen LogP contribution in [0.4, 0.5) is 17.6 Å². The minimum absolute atomic E-state index is 0.0360. The van der Waals surface area contributed by atoms with Gasteiger partial charge in [0, 0.05) is 29.6 Å². The molecule has 1 aliphatic heterocycles. The van der Waals surface area contributed by atoms with Gasteiger partial charge in [0.25, 0.3) is 0 Å². The SMILES string of the molecule is Fc1cc2[nH]ncc2c2c3c(c(-c4c[nH]nc4C(F)(F)F)nc12)CNCC3. The van der Waals surface area contributed by atoms with Gasteiger partial charge in [0.05, 0.1) is 23.0 Å². The van der Waals surface area contributed by atoms with Gasteiger partial charge < -0.3 is 5.32 Å². The summed E-state index contributed by atoms with van der Waals surface area (Å²) >= 11 is 0. The molecular weight excluding hydrogens is 364 g/mol. The zero-order chi connectivity index (χ0) is 18.8. The van der Waals surface area contributed by atoms with Gasteiger partial charge >= 0.3 is 6.18 Å². The predicted octanol–water partition coefficient (Wildman–Crippen LogP) is 3.30. The Bertz CT molecular complexity index is 1190. The second kappa shape index (κ2) is 5.49. The van der Waals surface area contributed by atoms with Crippen molar-refractivity contribution in [3.63, 3.8) is 0 Å². The summed E-state index contributed by atoms with van der Waals surface area (Å²) in [6, 6.07) is 1.26. The zero-order valence-corrected chi connectivity index (χ0v) is 13.7. The maximum atomic E-state index is 14.7. The van der Waals surface area contributed by atoms with Crippen molar-refractivity contribution in [3.8, 4) is 11.3 Å². The van der Waals surface area contributed by atoms with Crippen LogP contribution >= 0.6 is 0 Å². The number of nitrogens with one attached hydrogen (secondary N) is 3. The third kappa shape index (κ3) is 2.33. The molecular formula is C17H12F4N6. The Balaban J connectivity index is 1.91. The van der Waals surface area contributed by atoms with E-state index >= 15 is 0 Å². The standard InChI is InChI=1S/C17H12F4N6/c18-11-3-12-9(5-23-26-12)13-7-1-2-22-4-8(7)14(25-15(11)13)10-6-24-27-16(10)17(19,20)21/h3,5-6,22H,1-2,4H2,(H,23,26)(H,24,27). The molecule has 3 aromatic heterocycles. The van der Waals surface area contributed by atoms with Crippen molar-refractivity contribution in [2.45, 2.75) is 19.1 Å². The number of hydrogen-bond donors (Lipinski definition) is 3. The van der Waals surface area contributed by atoms with Gasteiger partial charge in [-0.3, -0.25) is 10.2 Å². The summed E-state index contributed by atoms with van der Waals surface area (Å²) < 4.78 is 54.8. The molecule has 6 nitrogen and oxygen atoms in total. The molecule has 4 aromatic rings. The lowest BCUT2D eigenvalue weighted by Gasteiger charge is -2.22. The first-order valence-electron chi connectivity index (χ1n) is 8.24. The lowest BCUT2D eigenvalue weighted by Crippen LogP contribution is -2.25. The Morgan fingerprint density at radius 1 is 1.15 bits per heavy atom. The summed E-state index contributed by atoms with van der Waals surface area (Å²) in [6.45, 7) is 0.977. The average molecular weight is 376 g/mol. The van der Waals surface area contributed by atoms with Crippen molar-refractivity contribution in [1.29, 1.82) is 0 Å². The van der Waals surface area contributed by atoms with Crippen molar-refractivity contribution in [2.75, 3.05) is 6.54 Å². The predicted molar refractivity (Wildman–Crippen MR) is 89.3 cm³/mol. The number of benzene rings is 1. The summed E-state index contributed by atoms with van der Waals surface area (Å²) in [5.74, 6) is -0.610. The molecule has 0 aliphatic carbocycles. The molecule has 1 aromatic carbocycles. The molecule has 0 saturated heterocycles. The Morgan fingerprint density at radius 2 is 2.00 bits per heavy atom. The molecule has 10 heteroatoms. The van der Waals surface area contributed by atoms with Crippen molar-refractivity contribution >= 4 is 21.8 Å². The van der Waals surface area contributed by atoms with Crippen LogP contribution in [0, 0.1) is 5.82 Å².